The van der Waals surface area contributed by atoms with Crippen molar-refractivity contribution in [1.82, 2.24) is 9.80 Å². The normalized spacial score (nSPS) is 25.2. The molecule has 5 rings (SSSR count). The number of aliphatic carboxylic acids is 1. The van der Waals surface area contributed by atoms with Gasteiger partial charge >= 0.3 is 12.1 Å². The first-order chi connectivity index (χ1) is 14.9. The second-order valence-corrected chi connectivity index (χ2v) is 9.21. The van der Waals surface area contributed by atoms with E-state index in [2.05, 4.69) is 24.3 Å². The monoisotopic (exact) mass is 420 g/mol. The summed E-state index contributed by atoms with van der Waals surface area (Å²) in [6.07, 6.45) is 1.57. The number of benzene rings is 2. The van der Waals surface area contributed by atoms with Crippen LogP contribution in [0.25, 0.3) is 11.1 Å². The summed E-state index contributed by atoms with van der Waals surface area (Å²) in [4.78, 5) is 29.3. The van der Waals surface area contributed by atoms with Crippen LogP contribution in [0.4, 0.5) is 4.79 Å². The van der Waals surface area contributed by atoms with E-state index >= 15 is 0 Å². The molecule has 0 radical (unpaired) electrons. The lowest BCUT2D eigenvalue weighted by atomic mass is 9.94. The molecule has 2 aliphatic carbocycles. The maximum absolute atomic E-state index is 13.3. The number of carboxylic acids is 1. The van der Waals surface area contributed by atoms with Gasteiger partial charge in [0.15, 0.2) is 5.54 Å². The largest absolute Gasteiger partial charge is 0.479 e. The van der Waals surface area contributed by atoms with Gasteiger partial charge in [-0.1, -0.05) is 48.5 Å². The van der Waals surface area contributed by atoms with E-state index in [4.69, 9.17) is 4.74 Å². The van der Waals surface area contributed by atoms with Crippen LogP contribution >= 0.6 is 0 Å². The van der Waals surface area contributed by atoms with E-state index in [-0.39, 0.29) is 24.6 Å². The highest BCUT2D eigenvalue weighted by molar-refractivity contribution is 5.86. The number of ether oxygens (including phenoxy) is 1. The molecule has 0 aromatic heterocycles. The van der Waals surface area contributed by atoms with Crippen LogP contribution in [-0.2, 0) is 9.53 Å². The number of carboxylic acid groups (broad SMARTS) is 1. The molecular weight excluding hydrogens is 392 g/mol. The zero-order valence-electron chi connectivity index (χ0n) is 18.0. The molecule has 0 spiro atoms. The standard InChI is InChI=1S/C25H28N2O4/c1-16-13-25(23(28)29,15-26(16)2)27(17-11-12-17)24(30)31-14-22-20-9-5-3-7-18(20)19-8-4-6-10-21(19)22/h3-10,16-17,22H,11-15H2,1-2H3,(H,28,29). The first kappa shape index (κ1) is 20.1. The van der Waals surface area contributed by atoms with Crippen molar-refractivity contribution in [3.8, 4) is 11.1 Å². The molecule has 6 nitrogen and oxygen atoms in total. The lowest BCUT2D eigenvalue weighted by Crippen LogP contribution is -2.59. The zero-order valence-corrected chi connectivity index (χ0v) is 18.0. The van der Waals surface area contributed by atoms with Gasteiger partial charge in [-0.3, -0.25) is 4.90 Å². The molecule has 0 bridgehead atoms. The van der Waals surface area contributed by atoms with E-state index in [9.17, 15) is 14.7 Å². The number of fused-ring (bicyclic) bond motifs is 3. The minimum absolute atomic E-state index is 0.0386. The van der Waals surface area contributed by atoms with Crippen molar-refractivity contribution < 1.29 is 19.4 Å². The summed E-state index contributed by atoms with van der Waals surface area (Å²) in [7, 11) is 1.91. The third-order valence-corrected chi connectivity index (χ3v) is 7.20. The summed E-state index contributed by atoms with van der Waals surface area (Å²) >= 11 is 0. The van der Waals surface area contributed by atoms with Crippen molar-refractivity contribution in [2.45, 2.75) is 49.7 Å². The minimum atomic E-state index is -1.22. The maximum atomic E-state index is 13.3. The zero-order chi connectivity index (χ0) is 21.8. The van der Waals surface area contributed by atoms with Gasteiger partial charge in [0.1, 0.15) is 6.61 Å². The summed E-state index contributed by atoms with van der Waals surface area (Å²) in [6.45, 7) is 2.54. The summed E-state index contributed by atoms with van der Waals surface area (Å²) in [5.41, 5.74) is 3.42. The van der Waals surface area contributed by atoms with Crippen LogP contribution in [0.3, 0.4) is 0 Å². The van der Waals surface area contributed by atoms with Gasteiger partial charge in [0, 0.05) is 24.5 Å². The van der Waals surface area contributed by atoms with Crippen molar-refractivity contribution in [3.05, 3.63) is 59.7 Å². The molecule has 2 aromatic carbocycles. The molecule has 6 heteroatoms. The number of carbonyl (C=O) groups is 2. The van der Waals surface area contributed by atoms with Gasteiger partial charge in [-0.2, -0.15) is 0 Å². The SMILES string of the molecule is CC1CC(C(=O)O)(N(C(=O)OCC2c3ccccc3-c3ccccc32)C2CC2)CN1C. The van der Waals surface area contributed by atoms with Crippen LogP contribution in [0.1, 0.15) is 43.2 Å². The van der Waals surface area contributed by atoms with Crippen molar-refractivity contribution >= 4 is 12.1 Å². The van der Waals surface area contributed by atoms with E-state index < -0.39 is 17.6 Å². The highest BCUT2D eigenvalue weighted by atomic mass is 16.6. The second kappa shape index (κ2) is 7.38. The molecule has 31 heavy (non-hydrogen) atoms. The van der Waals surface area contributed by atoms with Gasteiger partial charge in [0.05, 0.1) is 0 Å². The molecule has 162 valence electrons. The molecule has 2 atom stereocenters. The highest BCUT2D eigenvalue weighted by Crippen LogP contribution is 2.45. The van der Waals surface area contributed by atoms with E-state index in [1.165, 1.54) is 11.1 Å². The van der Waals surface area contributed by atoms with Crippen molar-refractivity contribution in [2.75, 3.05) is 20.2 Å². The first-order valence-corrected chi connectivity index (χ1v) is 11.0. The Morgan fingerprint density at radius 2 is 1.68 bits per heavy atom. The van der Waals surface area contributed by atoms with Crippen LogP contribution in [0.15, 0.2) is 48.5 Å². The van der Waals surface area contributed by atoms with Gasteiger partial charge in [-0.05, 0) is 55.5 Å². The van der Waals surface area contributed by atoms with Crippen LogP contribution in [0.2, 0.25) is 0 Å². The molecule has 1 heterocycles. The van der Waals surface area contributed by atoms with Crippen molar-refractivity contribution in [3.63, 3.8) is 0 Å². The molecule has 1 saturated heterocycles. The lowest BCUT2D eigenvalue weighted by Gasteiger charge is -2.37. The van der Waals surface area contributed by atoms with Crippen LogP contribution < -0.4 is 0 Å². The minimum Gasteiger partial charge on any atom is -0.479 e. The van der Waals surface area contributed by atoms with Gasteiger partial charge in [0.2, 0.25) is 0 Å². The topological polar surface area (TPSA) is 70.1 Å². The van der Waals surface area contributed by atoms with Gasteiger partial charge in [-0.25, -0.2) is 9.59 Å². The predicted molar refractivity (Wildman–Crippen MR) is 117 cm³/mol. The quantitative estimate of drug-likeness (QED) is 0.793. The van der Waals surface area contributed by atoms with E-state index in [1.807, 2.05) is 43.1 Å². The number of amides is 1. The number of likely N-dealkylation sites (N-methyl/N-ethyl adjacent to an activating group) is 1. The van der Waals surface area contributed by atoms with Crippen LogP contribution in [0, 0.1) is 0 Å². The summed E-state index contributed by atoms with van der Waals surface area (Å²) in [6, 6.07) is 16.5. The van der Waals surface area contributed by atoms with Gasteiger partial charge < -0.3 is 14.7 Å². The summed E-state index contributed by atoms with van der Waals surface area (Å²) < 4.78 is 5.87. The Kier molecular flexibility index (Phi) is 4.77. The molecule has 1 N–H and O–H groups in total. The Morgan fingerprint density at radius 1 is 1.10 bits per heavy atom. The lowest BCUT2D eigenvalue weighted by molar-refractivity contribution is -0.150. The molecule has 2 fully saturated rings. The smallest absolute Gasteiger partial charge is 0.411 e. The Bertz CT molecular complexity index is 976. The van der Waals surface area contributed by atoms with E-state index in [1.54, 1.807) is 4.90 Å². The fourth-order valence-electron chi connectivity index (χ4n) is 5.38. The Hall–Kier alpha value is -2.86. The molecule has 2 unspecified atom stereocenters. The number of hydrogen-bond acceptors (Lipinski definition) is 4. The summed E-state index contributed by atoms with van der Waals surface area (Å²) in [5.74, 6) is -0.979. The molecule has 1 aliphatic heterocycles. The van der Waals surface area contributed by atoms with Crippen LogP contribution in [-0.4, -0.2) is 64.8 Å². The molecule has 1 amide bonds. The van der Waals surface area contributed by atoms with Crippen LogP contribution in [0.5, 0.6) is 0 Å². The average molecular weight is 421 g/mol. The average Bonchev–Trinajstić information content (AvgIpc) is 3.47. The Balaban J connectivity index is 1.40. The number of likely N-dealkylation sites (tertiary alicyclic amines) is 1. The fraction of sp³-hybridized carbons (Fsp3) is 0.440. The van der Waals surface area contributed by atoms with E-state index in [0.29, 0.717) is 13.0 Å². The third kappa shape index (κ3) is 3.21. The second-order valence-electron chi connectivity index (χ2n) is 9.21. The van der Waals surface area contributed by atoms with Gasteiger partial charge in [-0.15, -0.1) is 0 Å². The Labute approximate surface area is 182 Å². The van der Waals surface area contributed by atoms with Crippen molar-refractivity contribution in [2.24, 2.45) is 0 Å². The third-order valence-electron chi connectivity index (χ3n) is 7.20. The molecule has 2 aromatic rings. The van der Waals surface area contributed by atoms with Crippen molar-refractivity contribution in [1.29, 1.82) is 0 Å². The molecule has 1 saturated carbocycles. The molecular formula is C25H28N2O4. The van der Waals surface area contributed by atoms with Gasteiger partial charge in [0.25, 0.3) is 0 Å². The maximum Gasteiger partial charge on any atom is 0.411 e. The summed E-state index contributed by atoms with van der Waals surface area (Å²) in [5, 5.41) is 10.2. The highest BCUT2D eigenvalue weighted by Gasteiger charge is 2.57. The number of rotatable bonds is 5. The van der Waals surface area contributed by atoms with E-state index in [0.717, 1.165) is 24.0 Å². The predicted octanol–water partition coefficient (Wildman–Crippen LogP) is 3.95. The number of nitrogens with zero attached hydrogens (tertiary/aromatic N) is 2. The first-order valence-electron chi connectivity index (χ1n) is 11.0. The number of carbonyl (C=O) groups excluding carboxylic acids is 1. The Morgan fingerprint density at radius 3 is 2.16 bits per heavy atom. The molecule has 3 aliphatic rings. The fourth-order valence-corrected chi connectivity index (χ4v) is 5.38. The number of hydrogen-bond donors (Lipinski definition) is 1.